The van der Waals surface area contributed by atoms with Crippen LogP contribution in [0.2, 0.25) is 5.02 Å². The van der Waals surface area contributed by atoms with E-state index in [2.05, 4.69) is 10.6 Å². The molecule has 0 atom stereocenters. The predicted octanol–water partition coefficient (Wildman–Crippen LogP) is 6.15. The van der Waals surface area contributed by atoms with E-state index in [1.807, 2.05) is 24.5 Å². The number of nitrogens with one attached hydrogen (secondary N) is 2. The topological polar surface area (TPSA) is 114 Å². The third-order valence-corrected chi connectivity index (χ3v) is 7.43. The summed E-state index contributed by atoms with van der Waals surface area (Å²) >= 11 is 8.24. The van der Waals surface area contributed by atoms with E-state index >= 15 is 0 Å². The zero-order valence-electron chi connectivity index (χ0n) is 22.1. The van der Waals surface area contributed by atoms with Crippen LogP contribution in [-0.4, -0.2) is 53.9 Å². The van der Waals surface area contributed by atoms with Crippen LogP contribution in [0.1, 0.15) is 12.5 Å². The lowest BCUT2D eigenvalue weighted by molar-refractivity contribution is -0.127. The van der Waals surface area contributed by atoms with E-state index < -0.39 is 23.6 Å². The van der Waals surface area contributed by atoms with Crippen LogP contribution in [-0.2, 0) is 14.4 Å². The molecule has 12 heteroatoms. The molecule has 0 spiro atoms. The highest BCUT2D eigenvalue weighted by Gasteiger charge is 2.36. The lowest BCUT2D eigenvalue weighted by atomic mass is 10.2. The molecule has 1 fully saturated rings. The van der Waals surface area contributed by atoms with Crippen molar-refractivity contribution in [2.45, 2.75) is 11.8 Å². The summed E-state index contributed by atoms with van der Waals surface area (Å²) in [6.07, 6.45) is 3.47. The van der Waals surface area contributed by atoms with Gasteiger partial charge in [0.15, 0.2) is 18.1 Å². The van der Waals surface area contributed by atoms with Crippen LogP contribution in [0.5, 0.6) is 11.5 Å². The summed E-state index contributed by atoms with van der Waals surface area (Å²) in [4.78, 5) is 52.4. The third-order valence-electron chi connectivity index (χ3n) is 5.56. The van der Waals surface area contributed by atoms with Gasteiger partial charge in [-0.15, -0.1) is 11.8 Å². The average molecular weight is 612 g/mol. The Kier molecular flexibility index (Phi) is 10.3. The van der Waals surface area contributed by atoms with E-state index in [0.717, 1.165) is 21.6 Å². The summed E-state index contributed by atoms with van der Waals surface area (Å²) in [5.74, 6) is -0.729. The minimum Gasteiger partial charge on any atom is -0.490 e. The summed E-state index contributed by atoms with van der Waals surface area (Å²) in [5, 5.41) is 5.38. The zero-order valence-corrected chi connectivity index (χ0v) is 24.5. The number of thioether (sulfide) groups is 2. The van der Waals surface area contributed by atoms with Crippen molar-refractivity contribution in [2.24, 2.45) is 0 Å². The third kappa shape index (κ3) is 8.29. The van der Waals surface area contributed by atoms with Crippen molar-refractivity contribution in [1.29, 1.82) is 0 Å². The first-order chi connectivity index (χ1) is 19.7. The molecule has 4 amide bonds. The van der Waals surface area contributed by atoms with Gasteiger partial charge >= 0.3 is 0 Å². The van der Waals surface area contributed by atoms with E-state index in [9.17, 15) is 19.2 Å². The highest BCUT2D eigenvalue weighted by Crippen LogP contribution is 2.35. The fourth-order valence-electron chi connectivity index (χ4n) is 3.74. The van der Waals surface area contributed by atoms with E-state index in [1.54, 1.807) is 61.5 Å². The fraction of sp³-hybridized carbons (Fsp3) is 0.172. The second-order valence-corrected chi connectivity index (χ2v) is 10.8. The minimum atomic E-state index is -0.566. The average Bonchev–Trinajstić information content (AvgIpc) is 3.20. The lowest BCUT2D eigenvalue weighted by Crippen LogP contribution is -2.36. The molecule has 0 aromatic heterocycles. The first-order valence-corrected chi connectivity index (χ1v) is 14.8. The molecule has 41 heavy (non-hydrogen) atoms. The molecule has 2 N–H and O–H groups in total. The highest BCUT2D eigenvalue weighted by molar-refractivity contribution is 8.18. The normalized spacial score (nSPS) is 13.8. The molecular formula is C29H26ClN3O6S2. The van der Waals surface area contributed by atoms with E-state index in [4.69, 9.17) is 21.1 Å². The monoisotopic (exact) mass is 611 g/mol. The Morgan fingerprint density at radius 2 is 1.68 bits per heavy atom. The molecule has 1 heterocycles. The van der Waals surface area contributed by atoms with E-state index in [0.29, 0.717) is 40.1 Å². The van der Waals surface area contributed by atoms with Crippen molar-refractivity contribution in [3.05, 3.63) is 82.2 Å². The molecule has 3 aromatic carbocycles. The standard InChI is InChI=1S/C29H26ClN3O6S2/c1-3-38-24-12-18(10-11-23(24)39-17-27(35)32-20-7-4-6-19(30)14-20)13-25-28(36)33(29(37)41-25)16-26(34)31-21-8-5-9-22(15-21)40-2/h4-15H,3,16-17H2,1-2H3,(H,31,34)(H,32,35)/b25-13+. The summed E-state index contributed by atoms with van der Waals surface area (Å²) in [6, 6.07) is 19.0. The van der Waals surface area contributed by atoms with Gasteiger partial charge in [0, 0.05) is 21.3 Å². The number of rotatable bonds is 11. The van der Waals surface area contributed by atoms with Gasteiger partial charge in [0.1, 0.15) is 6.54 Å². The predicted molar refractivity (Wildman–Crippen MR) is 163 cm³/mol. The molecule has 1 aliphatic rings. The van der Waals surface area contributed by atoms with Gasteiger partial charge in [-0.25, -0.2) is 0 Å². The molecule has 1 aliphatic heterocycles. The molecule has 0 bridgehead atoms. The number of nitrogens with zero attached hydrogens (tertiary/aromatic N) is 1. The summed E-state index contributed by atoms with van der Waals surface area (Å²) in [6.45, 7) is 1.46. The molecule has 0 aliphatic carbocycles. The smallest absolute Gasteiger partial charge is 0.294 e. The Bertz CT molecular complexity index is 1510. The van der Waals surface area contributed by atoms with E-state index in [-0.39, 0.29) is 17.4 Å². The number of hydrogen-bond donors (Lipinski definition) is 2. The van der Waals surface area contributed by atoms with Crippen molar-refractivity contribution in [2.75, 3.05) is 36.6 Å². The number of amides is 4. The van der Waals surface area contributed by atoms with Crippen molar-refractivity contribution < 1.29 is 28.7 Å². The largest absolute Gasteiger partial charge is 0.490 e. The van der Waals surface area contributed by atoms with Crippen LogP contribution in [0.25, 0.3) is 6.08 Å². The van der Waals surface area contributed by atoms with E-state index in [1.165, 1.54) is 11.8 Å². The molecule has 9 nitrogen and oxygen atoms in total. The lowest BCUT2D eigenvalue weighted by Gasteiger charge is -2.13. The van der Waals surface area contributed by atoms with Gasteiger partial charge in [-0.05, 0) is 85.1 Å². The number of imide groups is 1. The van der Waals surface area contributed by atoms with Gasteiger partial charge in [-0.2, -0.15) is 0 Å². The Balaban J connectivity index is 1.40. The fourth-order valence-corrected chi connectivity index (χ4v) is 5.23. The molecular weight excluding hydrogens is 586 g/mol. The van der Waals surface area contributed by atoms with Crippen LogP contribution < -0.4 is 20.1 Å². The van der Waals surface area contributed by atoms with Gasteiger partial charge < -0.3 is 20.1 Å². The first kappa shape index (κ1) is 30.0. The Labute approximate surface area is 250 Å². The van der Waals surface area contributed by atoms with Crippen molar-refractivity contribution in [1.82, 2.24) is 4.90 Å². The summed E-state index contributed by atoms with van der Waals surface area (Å²) in [5.41, 5.74) is 1.70. The molecule has 212 valence electrons. The number of carbonyl (C=O) groups excluding carboxylic acids is 4. The number of anilines is 2. The van der Waals surface area contributed by atoms with Crippen LogP contribution in [0.15, 0.2) is 76.5 Å². The first-order valence-electron chi connectivity index (χ1n) is 12.4. The maximum atomic E-state index is 13.0. The van der Waals surface area contributed by atoms with Crippen molar-refractivity contribution in [3.63, 3.8) is 0 Å². The maximum absolute atomic E-state index is 13.0. The highest BCUT2D eigenvalue weighted by atomic mass is 35.5. The second kappa shape index (κ2) is 14.1. The quantitative estimate of drug-likeness (QED) is 0.196. The Morgan fingerprint density at radius 1 is 0.951 bits per heavy atom. The summed E-state index contributed by atoms with van der Waals surface area (Å²) in [7, 11) is 0. The molecule has 0 radical (unpaired) electrons. The second-order valence-electron chi connectivity index (χ2n) is 8.53. The number of halogens is 1. The molecule has 0 unspecified atom stereocenters. The molecule has 3 aromatic rings. The Morgan fingerprint density at radius 3 is 2.41 bits per heavy atom. The number of ether oxygens (including phenoxy) is 2. The van der Waals surface area contributed by atoms with Crippen molar-refractivity contribution >= 4 is 75.5 Å². The number of benzene rings is 3. The van der Waals surface area contributed by atoms with Gasteiger partial charge in [0.05, 0.1) is 11.5 Å². The van der Waals surface area contributed by atoms with Gasteiger partial charge in [-0.3, -0.25) is 24.1 Å². The number of carbonyl (C=O) groups is 4. The van der Waals surface area contributed by atoms with Crippen LogP contribution in [0, 0.1) is 0 Å². The SMILES string of the molecule is CCOc1cc(/C=C2/SC(=O)N(CC(=O)Nc3cccc(SC)c3)C2=O)ccc1OCC(=O)Nc1cccc(Cl)c1. The summed E-state index contributed by atoms with van der Waals surface area (Å²) < 4.78 is 11.3. The van der Waals surface area contributed by atoms with Gasteiger partial charge in [0.25, 0.3) is 17.1 Å². The molecule has 0 saturated carbocycles. The molecule has 4 rings (SSSR count). The minimum absolute atomic E-state index is 0.171. The number of hydrogen-bond acceptors (Lipinski definition) is 8. The van der Waals surface area contributed by atoms with Gasteiger partial charge in [0.2, 0.25) is 5.91 Å². The zero-order chi connectivity index (χ0) is 29.4. The molecule has 1 saturated heterocycles. The van der Waals surface area contributed by atoms with Crippen LogP contribution in [0.3, 0.4) is 0 Å². The van der Waals surface area contributed by atoms with Crippen LogP contribution in [0.4, 0.5) is 16.2 Å². The van der Waals surface area contributed by atoms with Gasteiger partial charge in [-0.1, -0.05) is 29.8 Å². The maximum Gasteiger partial charge on any atom is 0.294 e. The van der Waals surface area contributed by atoms with Crippen molar-refractivity contribution in [3.8, 4) is 11.5 Å². The Hall–Kier alpha value is -3.93. The van der Waals surface area contributed by atoms with Crippen LogP contribution >= 0.6 is 35.1 Å².